The molecule has 92 valence electrons. The van der Waals surface area contributed by atoms with Crippen LogP contribution in [0.3, 0.4) is 0 Å². The van der Waals surface area contributed by atoms with Gasteiger partial charge in [0.05, 0.1) is 6.26 Å². The van der Waals surface area contributed by atoms with E-state index in [0.717, 1.165) is 5.56 Å². The lowest BCUT2D eigenvalue weighted by Crippen LogP contribution is -2.57. The molecule has 0 radical (unpaired) electrons. The highest BCUT2D eigenvalue weighted by atomic mass is 16.4. The average Bonchev–Trinajstić information content (AvgIpc) is 2.74. The second-order valence-electron chi connectivity index (χ2n) is 3.99. The van der Waals surface area contributed by atoms with Crippen molar-refractivity contribution in [2.24, 2.45) is 0 Å². The molecule has 0 bridgehead atoms. The SMILES string of the molecule is Cc1ccoc1C(=O)N1CCNCC1C(=O)O. The van der Waals surface area contributed by atoms with Crippen LogP contribution in [0.5, 0.6) is 0 Å². The van der Waals surface area contributed by atoms with Crippen molar-refractivity contribution in [3.05, 3.63) is 23.7 Å². The Morgan fingerprint density at radius 1 is 1.59 bits per heavy atom. The molecule has 1 aromatic rings. The summed E-state index contributed by atoms with van der Waals surface area (Å²) in [7, 11) is 0. The highest BCUT2D eigenvalue weighted by Gasteiger charge is 2.34. The lowest BCUT2D eigenvalue weighted by molar-refractivity contribution is -0.142. The number of aliphatic carboxylic acids is 1. The minimum Gasteiger partial charge on any atom is -0.480 e. The number of hydrogen-bond acceptors (Lipinski definition) is 4. The van der Waals surface area contributed by atoms with Gasteiger partial charge >= 0.3 is 5.97 Å². The largest absolute Gasteiger partial charge is 0.480 e. The van der Waals surface area contributed by atoms with Gasteiger partial charge in [0.1, 0.15) is 6.04 Å². The van der Waals surface area contributed by atoms with Crippen LogP contribution in [0.1, 0.15) is 16.1 Å². The number of hydrogen-bond donors (Lipinski definition) is 2. The molecule has 1 unspecified atom stereocenters. The molecule has 0 spiro atoms. The van der Waals surface area contributed by atoms with Gasteiger partial charge in [-0.25, -0.2) is 4.79 Å². The summed E-state index contributed by atoms with van der Waals surface area (Å²) in [5.41, 5.74) is 0.720. The van der Waals surface area contributed by atoms with Crippen LogP contribution >= 0.6 is 0 Å². The number of aryl methyl sites for hydroxylation is 1. The zero-order chi connectivity index (χ0) is 12.4. The van der Waals surface area contributed by atoms with Gasteiger partial charge < -0.3 is 19.7 Å². The Hall–Kier alpha value is -1.82. The summed E-state index contributed by atoms with van der Waals surface area (Å²) in [4.78, 5) is 24.5. The highest BCUT2D eigenvalue weighted by molar-refractivity contribution is 5.95. The Balaban J connectivity index is 2.23. The Morgan fingerprint density at radius 3 is 2.94 bits per heavy atom. The number of amides is 1. The van der Waals surface area contributed by atoms with Crippen molar-refractivity contribution >= 4 is 11.9 Å². The second kappa shape index (κ2) is 4.58. The van der Waals surface area contributed by atoms with E-state index >= 15 is 0 Å². The summed E-state index contributed by atoms with van der Waals surface area (Å²) in [5.74, 6) is -1.14. The predicted molar refractivity (Wildman–Crippen MR) is 58.8 cm³/mol. The van der Waals surface area contributed by atoms with Gasteiger partial charge in [-0.05, 0) is 13.0 Å². The number of nitrogens with zero attached hydrogens (tertiary/aromatic N) is 1. The summed E-state index contributed by atoms with van der Waals surface area (Å²) in [6.45, 7) is 2.99. The van der Waals surface area contributed by atoms with E-state index in [0.29, 0.717) is 13.1 Å². The first kappa shape index (κ1) is 11.7. The molecule has 1 fully saturated rings. The summed E-state index contributed by atoms with van der Waals surface area (Å²) in [5, 5.41) is 12.0. The molecular formula is C11H14N2O4. The number of furan rings is 1. The van der Waals surface area contributed by atoms with Crippen molar-refractivity contribution in [3.63, 3.8) is 0 Å². The van der Waals surface area contributed by atoms with Gasteiger partial charge in [0, 0.05) is 25.2 Å². The van der Waals surface area contributed by atoms with Crippen molar-refractivity contribution in [3.8, 4) is 0 Å². The van der Waals surface area contributed by atoms with Crippen molar-refractivity contribution in [1.82, 2.24) is 10.2 Å². The molecule has 0 aliphatic carbocycles. The lowest BCUT2D eigenvalue weighted by atomic mass is 10.1. The molecule has 1 saturated heterocycles. The third-order valence-electron chi connectivity index (χ3n) is 2.85. The zero-order valence-electron chi connectivity index (χ0n) is 9.47. The van der Waals surface area contributed by atoms with Crippen LogP contribution in [0, 0.1) is 6.92 Å². The molecule has 6 heteroatoms. The van der Waals surface area contributed by atoms with Crippen molar-refractivity contribution in [1.29, 1.82) is 0 Å². The third-order valence-corrected chi connectivity index (χ3v) is 2.85. The van der Waals surface area contributed by atoms with E-state index in [1.54, 1.807) is 13.0 Å². The van der Waals surface area contributed by atoms with Gasteiger partial charge in [-0.3, -0.25) is 4.79 Å². The van der Waals surface area contributed by atoms with Crippen LogP contribution < -0.4 is 5.32 Å². The smallest absolute Gasteiger partial charge is 0.327 e. The van der Waals surface area contributed by atoms with Gasteiger partial charge in [0.2, 0.25) is 0 Å². The van der Waals surface area contributed by atoms with Gasteiger partial charge in [-0.15, -0.1) is 0 Å². The summed E-state index contributed by atoms with van der Waals surface area (Å²) < 4.78 is 5.10. The Labute approximate surface area is 98.2 Å². The first-order valence-electron chi connectivity index (χ1n) is 5.40. The molecule has 1 amide bonds. The first-order chi connectivity index (χ1) is 8.11. The second-order valence-corrected chi connectivity index (χ2v) is 3.99. The molecule has 1 aromatic heterocycles. The molecule has 1 aliphatic rings. The maximum Gasteiger partial charge on any atom is 0.327 e. The normalized spacial score (nSPS) is 20.3. The Morgan fingerprint density at radius 2 is 2.35 bits per heavy atom. The van der Waals surface area contributed by atoms with Crippen LogP contribution in [0.4, 0.5) is 0 Å². The molecule has 0 aromatic carbocycles. The van der Waals surface area contributed by atoms with Crippen molar-refractivity contribution in [2.45, 2.75) is 13.0 Å². The third kappa shape index (κ3) is 2.16. The van der Waals surface area contributed by atoms with Crippen LogP contribution in [-0.4, -0.2) is 47.6 Å². The molecule has 2 rings (SSSR count). The topological polar surface area (TPSA) is 82.8 Å². The highest BCUT2D eigenvalue weighted by Crippen LogP contribution is 2.15. The molecule has 17 heavy (non-hydrogen) atoms. The Kier molecular flexibility index (Phi) is 3.14. The minimum absolute atomic E-state index is 0.221. The van der Waals surface area contributed by atoms with E-state index < -0.39 is 12.0 Å². The zero-order valence-corrected chi connectivity index (χ0v) is 9.47. The number of nitrogens with one attached hydrogen (secondary N) is 1. The van der Waals surface area contributed by atoms with Gasteiger partial charge in [0.15, 0.2) is 5.76 Å². The van der Waals surface area contributed by atoms with Crippen LogP contribution in [0.2, 0.25) is 0 Å². The van der Waals surface area contributed by atoms with Crippen LogP contribution in [-0.2, 0) is 4.79 Å². The average molecular weight is 238 g/mol. The molecule has 1 aliphatic heterocycles. The number of carbonyl (C=O) groups is 2. The maximum absolute atomic E-state index is 12.1. The monoisotopic (exact) mass is 238 g/mol. The standard InChI is InChI=1S/C11H14N2O4/c1-7-2-5-17-9(7)10(14)13-4-3-12-6-8(13)11(15)16/h2,5,8,12H,3-4,6H2,1H3,(H,15,16). The fourth-order valence-corrected chi connectivity index (χ4v) is 1.89. The van der Waals surface area contributed by atoms with Gasteiger partial charge in [-0.2, -0.15) is 0 Å². The molecule has 2 heterocycles. The van der Waals surface area contributed by atoms with E-state index in [1.165, 1.54) is 11.2 Å². The molecule has 0 saturated carbocycles. The van der Waals surface area contributed by atoms with E-state index in [1.807, 2.05) is 0 Å². The molecule has 2 N–H and O–H groups in total. The van der Waals surface area contributed by atoms with Crippen LogP contribution in [0.25, 0.3) is 0 Å². The van der Waals surface area contributed by atoms with Gasteiger partial charge in [-0.1, -0.05) is 0 Å². The van der Waals surface area contributed by atoms with E-state index in [4.69, 9.17) is 9.52 Å². The number of carboxylic acids is 1. The predicted octanol–water partition coefficient (Wildman–Crippen LogP) is 0.0866. The van der Waals surface area contributed by atoms with Gasteiger partial charge in [0.25, 0.3) is 5.91 Å². The molecular weight excluding hydrogens is 224 g/mol. The van der Waals surface area contributed by atoms with Crippen molar-refractivity contribution < 1.29 is 19.1 Å². The lowest BCUT2D eigenvalue weighted by Gasteiger charge is -2.32. The number of piperazine rings is 1. The fourth-order valence-electron chi connectivity index (χ4n) is 1.89. The number of carbonyl (C=O) groups excluding carboxylic acids is 1. The first-order valence-corrected chi connectivity index (χ1v) is 5.40. The summed E-state index contributed by atoms with van der Waals surface area (Å²) >= 11 is 0. The molecule has 6 nitrogen and oxygen atoms in total. The minimum atomic E-state index is -1.00. The van der Waals surface area contributed by atoms with E-state index in [-0.39, 0.29) is 18.2 Å². The van der Waals surface area contributed by atoms with Crippen molar-refractivity contribution in [2.75, 3.05) is 19.6 Å². The maximum atomic E-state index is 12.1. The fraction of sp³-hybridized carbons (Fsp3) is 0.455. The van der Waals surface area contributed by atoms with E-state index in [9.17, 15) is 9.59 Å². The number of carboxylic acid groups (broad SMARTS) is 1. The van der Waals surface area contributed by atoms with Crippen LogP contribution in [0.15, 0.2) is 16.7 Å². The quantitative estimate of drug-likeness (QED) is 0.762. The van der Waals surface area contributed by atoms with E-state index in [2.05, 4.69) is 5.32 Å². The summed E-state index contributed by atoms with van der Waals surface area (Å²) in [6.07, 6.45) is 1.43. The number of rotatable bonds is 2. The summed E-state index contributed by atoms with van der Waals surface area (Å²) in [6, 6.07) is 0.853. The Bertz CT molecular complexity index is 440. The molecule has 1 atom stereocenters.